The number of hydrogen-bond donors (Lipinski definition) is 1. The summed E-state index contributed by atoms with van der Waals surface area (Å²) in [5.41, 5.74) is -8.22. The van der Waals surface area contributed by atoms with Crippen LogP contribution in [0, 0.1) is 0 Å². The Kier molecular flexibility index (Phi) is 4.43. The highest BCUT2D eigenvalue weighted by molar-refractivity contribution is 5.92. The van der Waals surface area contributed by atoms with Gasteiger partial charge in [0.25, 0.3) is 0 Å². The van der Waals surface area contributed by atoms with Gasteiger partial charge in [-0.05, 0) is 20.8 Å². The van der Waals surface area contributed by atoms with E-state index in [1.165, 1.54) is 20.8 Å². The van der Waals surface area contributed by atoms with Crippen LogP contribution < -0.4 is 0 Å². The van der Waals surface area contributed by atoms with Crippen LogP contribution in [-0.2, 0) is 17.1 Å². The average Bonchev–Trinajstić information content (AvgIpc) is 2.65. The van der Waals surface area contributed by atoms with Crippen LogP contribution in [0.1, 0.15) is 42.5 Å². The molecule has 0 aliphatic heterocycles. The van der Waals surface area contributed by atoms with Crippen LogP contribution >= 0.6 is 0 Å². The van der Waals surface area contributed by atoms with Gasteiger partial charge in [0.1, 0.15) is 11.2 Å². The zero-order valence-electron chi connectivity index (χ0n) is 11.8. The Morgan fingerprint density at radius 1 is 1.04 bits per heavy atom. The molecule has 0 saturated carbocycles. The second kappa shape index (κ2) is 5.42. The fourth-order valence-electron chi connectivity index (χ4n) is 1.52. The highest BCUT2D eigenvalue weighted by atomic mass is 19.4. The molecule has 0 atom stereocenters. The summed E-state index contributed by atoms with van der Waals surface area (Å²) < 4.78 is 80.9. The number of carboxylic acid groups (broad SMARTS) is 1. The molecule has 1 aromatic rings. The van der Waals surface area contributed by atoms with Crippen molar-refractivity contribution in [2.45, 2.75) is 38.7 Å². The van der Waals surface area contributed by atoms with E-state index in [0.717, 1.165) is 0 Å². The molecule has 0 fully saturated rings. The third kappa shape index (κ3) is 4.13. The second-order valence-electron chi connectivity index (χ2n) is 5.27. The average molecular weight is 348 g/mol. The molecule has 6 nitrogen and oxygen atoms in total. The maximum absolute atomic E-state index is 13.0. The normalized spacial score (nSPS) is 13.1. The van der Waals surface area contributed by atoms with Gasteiger partial charge in [0.15, 0.2) is 11.4 Å². The first-order valence-electron chi connectivity index (χ1n) is 5.79. The van der Waals surface area contributed by atoms with Gasteiger partial charge in [-0.3, -0.25) is 0 Å². The molecule has 0 radical (unpaired) electrons. The largest absolute Gasteiger partial charge is 0.478 e. The van der Waals surface area contributed by atoms with E-state index in [2.05, 4.69) is 9.84 Å². The molecule has 0 saturated heterocycles. The lowest BCUT2D eigenvalue weighted by molar-refractivity contribution is -0.145. The van der Waals surface area contributed by atoms with Crippen molar-refractivity contribution in [1.29, 1.82) is 0 Å². The van der Waals surface area contributed by atoms with Crippen LogP contribution in [0.15, 0.2) is 0 Å². The molecule has 0 aliphatic rings. The van der Waals surface area contributed by atoms with Crippen molar-refractivity contribution in [3.05, 3.63) is 17.0 Å². The van der Waals surface area contributed by atoms with E-state index in [1.807, 2.05) is 0 Å². The van der Waals surface area contributed by atoms with Crippen molar-refractivity contribution in [1.82, 2.24) is 9.78 Å². The molecule has 1 N–H and O–H groups in total. The summed E-state index contributed by atoms with van der Waals surface area (Å²) in [6.07, 6.45) is -13.0. The van der Waals surface area contributed by atoms with Crippen molar-refractivity contribution < 1.29 is 45.8 Å². The van der Waals surface area contributed by atoms with E-state index in [1.54, 1.807) is 0 Å². The van der Waals surface area contributed by atoms with Crippen LogP contribution in [0.3, 0.4) is 0 Å². The Labute approximate surface area is 124 Å². The van der Waals surface area contributed by atoms with Crippen LogP contribution in [-0.4, -0.2) is 32.6 Å². The van der Waals surface area contributed by atoms with Crippen molar-refractivity contribution in [2.24, 2.45) is 0 Å². The number of nitrogens with zero attached hydrogens (tertiary/aromatic N) is 2. The van der Waals surface area contributed by atoms with Gasteiger partial charge in [0.2, 0.25) is 0 Å². The molecular weight excluding hydrogens is 338 g/mol. The van der Waals surface area contributed by atoms with Gasteiger partial charge < -0.3 is 9.84 Å². The molecule has 1 aromatic heterocycles. The highest BCUT2D eigenvalue weighted by Crippen LogP contribution is 2.39. The lowest BCUT2D eigenvalue weighted by atomic mass is 10.1. The third-order valence-electron chi connectivity index (χ3n) is 2.20. The van der Waals surface area contributed by atoms with Gasteiger partial charge in [0, 0.05) is 0 Å². The molecule has 0 bridgehead atoms. The Bertz CT molecular complexity index is 639. The summed E-state index contributed by atoms with van der Waals surface area (Å²) in [5, 5.41) is 11.2. The smallest absolute Gasteiger partial charge is 0.436 e. The predicted octanol–water partition coefficient (Wildman–Crippen LogP) is 3.40. The van der Waals surface area contributed by atoms with E-state index in [4.69, 9.17) is 5.11 Å². The van der Waals surface area contributed by atoms with Crippen LogP contribution in [0.5, 0.6) is 0 Å². The Hall–Kier alpha value is -2.27. The number of alkyl halides is 6. The fourth-order valence-corrected chi connectivity index (χ4v) is 1.52. The number of hydrogen-bond acceptors (Lipinski definition) is 4. The molecule has 0 aromatic carbocycles. The van der Waals surface area contributed by atoms with E-state index in [-0.39, 0.29) is 0 Å². The van der Waals surface area contributed by atoms with E-state index < -0.39 is 51.6 Å². The fraction of sp³-hybridized carbons (Fsp3) is 0.545. The first-order valence-corrected chi connectivity index (χ1v) is 5.79. The first-order chi connectivity index (χ1) is 10.1. The Balaban J connectivity index is 3.71. The number of halogens is 6. The Morgan fingerprint density at radius 2 is 1.52 bits per heavy atom. The maximum atomic E-state index is 13.0. The number of aromatic carboxylic acids is 1. The molecule has 23 heavy (non-hydrogen) atoms. The van der Waals surface area contributed by atoms with Crippen LogP contribution in [0.2, 0.25) is 0 Å². The maximum Gasteiger partial charge on any atom is 0.436 e. The van der Waals surface area contributed by atoms with Gasteiger partial charge in [-0.15, -0.1) is 0 Å². The summed E-state index contributed by atoms with van der Waals surface area (Å²) in [4.78, 5) is 22.5. The Morgan fingerprint density at radius 3 is 1.83 bits per heavy atom. The molecule has 130 valence electrons. The van der Waals surface area contributed by atoms with Crippen molar-refractivity contribution in [3.63, 3.8) is 0 Å². The number of aromatic nitrogens is 2. The zero-order chi connectivity index (χ0) is 18.4. The quantitative estimate of drug-likeness (QED) is 0.787. The molecule has 1 heterocycles. The molecule has 0 aliphatic carbocycles. The number of carbonyl (C=O) groups excluding carboxylic acids is 1. The van der Waals surface area contributed by atoms with E-state index >= 15 is 0 Å². The van der Waals surface area contributed by atoms with E-state index in [0.29, 0.717) is 0 Å². The lowest BCUT2D eigenvalue weighted by Gasteiger charge is -2.20. The van der Waals surface area contributed by atoms with E-state index in [9.17, 15) is 35.9 Å². The van der Waals surface area contributed by atoms with Crippen molar-refractivity contribution >= 4 is 12.1 Å². The molecule has 0 unspecified atom stereocenters. The van der Waals surface area contributed by atoms with Gasteiger partial charge in [-0.25, -0.2) is 9.59 Å². The summed E-state index contributed by atoms with van der Waals surface area (Å²) in [5.74, 6) is -2.53. The molecule has 1 rings (SSSR count). The standard InChI is InChI=1S/C11H10F6N2O4/c1-9(2,3)23-8(22)19-6(11(15,16)17)4(7(20)21)5(18-19)10(12,13)14/h1-3H3,(H,20,21). The van der Waals surface area contributed by atoms with Gasteiger partial charge in [-0.1, -0.05) is 0 Å². The number of ether oxygens (including phenoxy) is 1. The minimum absolute atomic E-state index is 0.739. The summed E-state index contributed by atoms with van der Waals surface area (Å²) in [6.45, 7) is 3.76. The first kappa shape index (κ1) is 18.8. The molecule has 0 spiro atoms. The summed E-state index contributed by atoms with van der Waals surface area (Å²) in [6, 6.07) is 0. The van der Waals surface area contributed by atoms with Gasteiger partial charge in [0.05, 0.1) is 0 Å². The number of rotatable bonds is 1. The molecule has 12 heteroatoms. The lowest BCUT2D eigenvalue weighted by Crippen LogP contribution is -2.31. The monoisotopic (exact) mass is 348 g/mol. The number of carbonyl (C=O) groups is 2. The minimum atomic E-state index is -5.58. The van der Waals surface area contributed by atoms with Crippen molar-refractivity contribution in [2.75, 3.05) is 0 Å². The SMILES string of the molecule is CC(C)(C)OC(=O)n1nc(C(F)(F)F)c(C(=O)O)c1C(F)(F)F. The zero-order valence-corrected chi connectivity index (χ0v) is 11.8. The number of carboxylic acids is 1. The van der Waals surface area contributed by atoms with Crippen molar-refractivity contribution in [3.8, 4) is 0 Å². The van der Waals surface area contributed by atoms with Gasteiger partial charge in [-0.2, -0.15) is 36.1 Å². The van der Waals surface area contributed by atoms with Gasteiger partial charge >= 0.3 is 24.4 Å². The highest BCUT2D eigenvalue weighted by Gasteiger charge is 2.50. The minimum Gasteiger partial charge on any atom is -0.478 e. The summed E-state index contributed by atoms with van der Waals surface area (Å²) >= 11 is 0. The topological polar surface area (TPSA) is 81.4 Å². The molecule has 0 amide bonds. The van der Waals surface area contributed by atoms with Crippen LogP contribution in [0.4, 0.5) is 31.1 Å². The molecular formula is C11H10F6N2O4. The predicted molar refractivity (Wildman–Crippen MR) is 60.8 cm³/mol. The second-order valence-corrected chi connectivity index (χ2v) is 5.27. The van der Waals surface area contributed by atoms with Crippen LogP contribution in [0.25, 0.3) is 0 Å². The third-order valence-corrected chi connectivity index (χ3v) is 2.20. The summed E-state index contributed by atoms with van der Waals surface area (Å²) in [7, 11) is 0.